The quantitative estimate of drug-likeness (QED) is 0.373. The number of fused-ring (bicyclic) bond motifs is 1. The number of rotatable bonds is 6. The first-order valence-corrected chi connectivity index (χ1v) is 11.6. The van der Waals surface area contributed by atoms with Crippen molar-refractivity contribution in [1.82, 2.24) is 15.3 Å². The Morgan fingerprint density at radius 2 is 2.09 bits per heavy atom. The molecule has 1 aliphatic rings. The number of pyridine rings is 1. The topological polar surface area (TPSA) is 73.3 Å². The van der Waals surface area contributed by atoms with E-state index in [0.717, 1.165) is 29.7 Å². The fraction of sp³-hybridized carbons (Fsp3) is 0.174. The van der Waals surface area contributed by atoms with Crippen LogP contribution in [0, 0.1) is 0 Å². The molecule has 3 aromatic heterocycles. The fourth-order valence-corrected chi connectivity index (χ4v) is 4.81. The van der Waals surface area contributed by atoms with E-state index in [-0.39, 0.29) is 24.4 Å². The minimum Gasteiger partial charge on any atom is -0.485 e. The zero-order valence-electron chi connectivity index (χ0n) is 16.9. The number of hydrogen-bond donors (Lipinski definition) is 1. The summed E-state index contributed by atoms with van der Waals surface area (Å²) in [5.74, 6) is 1.40. The summed E-state index contributed by atoms with van der Waals surface area (Å²) in [7, 11) is 0. The van der Waals surface area contributed by atoms with Crippen molar-refractivity contribution < 1.29 is 14.3 Å². The Morgan fingerprint density at radius 1 is 1.22 bits per heavy atom. The van der Waals surface area contributed by atoms with Gasteiger partial charge in [-0.2, -0.15) is 11.3 Å². The highest BCUT2D eigenvalue weighted by Crippen LogP contribution is 2.38. The van der Waals surface area contributed by atoms with E-state index < -0.39 is 0 Å². The molecular formula is C23H20ClN3O3S2. The van der Waals surface area contributed by atoms with Gasteiger partial charge in [0.1, 0.15) is 22.5 Å². The monoisotopic (exact) mass is 485 g/mol. The molecule has 1 unspecified atom stereocenters. The molecule has 0 fully saturated rings. The van der Waals surface area contributed by atoms with Crippen LogP contribution in [0.2, 0.25) is 0 Å². The summed E-state index contributed by atoms with van der Waals surface area (Å²) in [4.78, 5) is 21.1. The third kappa shape index (κ3) is 5.09. The van der Waals surface area contributed by atoms with Crippen LogP contribution < -0.4 is 14.8 Å². The van der Waals surface area contributed by atoms with Gasteiger partial charge >= 0.3 is 0 Å². The highest BCUT2D eigenvalue weighted by atomic mass is 35.5. The minimum atomic E-state index is -0.178. The van der Waals surface area contributed by atoms with E-state index in [1.807, 2.05) is 30.3 Å². The van der Waals surface area contributed by atoms with Crippen LogP contribution in [-0.2, 0) is 13.0 Å². The normalized spacial score (nSPS) is 14.6. The summed E-state index contributed by atoms with van der Waals surface area (Å²) in [6, 6.07) is 11.7. The van der Waals surface area contributed by atoms with Crippen LogP contribution in [0.4, 0.5) is 0 Å². The molecule has 0 spiro atoms. The van der Waals surface area contributed by atoms with E-state index in [4.69, 9.17) is 9.47 Å². The molecule has 164 valence electrons. The highest BCUT2D eigenvalue weighted by Gasteiger charge is 2.22. The maximum Gasteiger partial charge on any atom is 0.279 e. The third-order valence-electron chi connectivity index (χ3n) is 5.01. The second-order valence-corrected chi connectivity index (χ2v) is 8.88. The first kappa shape index (κ1) is 22.3. The van der Waals surface area contributed by atoms with Crippen molar-refractivity contribution in [2.45, 2.75) is 25.5 Å². The summed E-state index contributed by atoms with van der Waals surface area (Å²) in [5, 5.41) is 7.53. The summed E-state index contributed by atoms with van der Waals surface area (Å²) in [5.41, 5.74) is 3.34. The molecule has 9 heteroatoms. The number of carbonyl (C=O) groups is 1. The van der Waals surface area contributed by atoms with Gasteiger partial charge in [0.15, 0.2) is 0 Å². The van der Waals surface area contributed by atoms with Crippen LogP contribution in [0.5, 0.6) is 16.7 Å². The van der Waals surface area contributed by atoms with E-state index in [1.54, 1.807) is 23.7 Å². The van der Waals surface area contributed by atoms with E-state index >= 15 is 0 Å². The van der Waals surface area contributed by atoms with Crippen molar-refractivity contribution in [2.75, 3.05) is 0 Å². The van der Waals surface area contributed by atoms with Gasteiger partial charge in [-0.3, -0.25) is 9.78 Å². The van der Waals surface area contributed by atoms with Gasteiger partial charge in [-0.25, -0.2) is 4.98 Å². The smallest absolute Gasteiger partial charge is 0.279 e. The Labute approximate surface area is 199 Å². The Bertz CT molecular complexity index is 1180. The number of aryl methyl sites for hydroxylation is 1. The average Bonchev–Trinajstić information content (AvgIpc) is 3.50. The zero-order chi connectivity index (χ0) is 21.0. The number of nitrogens with zero attached hydrogens (tertiary/aromatic N) is 2. The van der Waals surface area contributed by atoms with Gasteiger partial charge in [0.05, 0.1) is 6.20 Å². The number of aromatic nitrogens is 2. The molecular weight excluding hydrogens is 466 g/mol. The van der Waals surface area contributed by atoms with Gasteiger partial charge in [-0.15, -0.1) is 12.4 Å². The molecule has 0 bridgehead atoms. The summed E-state index contributed by atoms with van der Waals surface area (Å²) in [6.07, 6.45) is 6.91. The Balaban J connectivity index is 0.00000245. The Morgan fingerprint density at radius 3 is 2.91 bits per heavy atom. The van der Waals surface area contributed by atoms with E-state index in [2.05, 4.69) is 32.1 Å². The predicted molar refractivity (Wildman–Crippen MR) is 127 cm³/mol. The molecule has 4 heterocycles. The number of carbonyl (C=O) groups excluding carboxylic acids is 1. The molecule has 1 N–H and O–H groups in total. The largest absolute Gasteiger partial charge is 0.485 e. The van der Waals surface area contributed by atoms with E-state index in [9.17, 15) is 4.79 Å². The van der Waals surface area contributed by atoms with E-state index in [0.29, 0.717) is 22.4 Å². The van der Waals surface area contributed by atoms with Crippen LogP contribution >= 0.6 is 35.1 Å². The molecule has 1 amide bonds. The molecule has 5 rings (SSSR count). The molecule has 4 aromatic rings. The SMILES string of the molecule is Cl.O=C(NCc1ccncc1)c1cnc(Oc2ccc3c(c2)CCC(c2ccsc2)O3)s1. The van der Waals surface area contributed by atoms with Crippen molar-refractivity contribution in [1.29, 1.82) is 0 Å². The van der Waals surface area contributed by atoms with Crippen molar-refractivity contribution in [3.8, 4) is 16.7 Å². The van der Waals surface area contributed by atoms with Crippen molar-refractivity contribution in [3.05, 3.63) is 87.3 Å². The molecule has 0 saturated carbocycles. The van der Waals surface area contributed by atoms with Gasteiger partial charge in [0, 0.05) is 24.5 Å². The number of benzene rings is 1. The molecule has 32 heavy (non-hydrogen) atoms. The lowest BCUT2D eigenvalue weighted by atomic mass is 9.99. The fourth-order valence-electron chi connectivity index (χ4n) is 3.40. The molecule has 6 nitrogen and oxygen atoms in total. The number of ether oxygens (including phenoxy) is 2. The van der Waals surface area contributed by atoms with Crippen molar-refractivity contribution in [3.63, 3.8) is 0 Å². The number of hydrogen-bond acceptors (Lipinski definition) is 7. The van der Waals surface area contributed by atoms with Gasteiger partial charge in [-0.05, 0) is 71.1 Å². The van der Waals surface area contributed by atoms with Crippen molar-refractivity contribution in [2.24, 2.45) is 0 Å². The molecule has 1 aliphatic heterocycles. The summed E-state index contributed by atoms with van der Waals surface area (Å²) >= 11 is 2.91. The van der Waals surface area contributed by atoms with Crippen molar-refractivity contribution >= 4 is 41.0 Å². The number of thiophene rings is 1. The van der Waals surface area contributed by atoms with Gasteiger partial charge in [0.25, 0.3) is 11.1 Å². The lowest BCUT2D eigenvalue weighted by Crippen LogP contribution is -2.21. The number of nitrogens with one attached hydrogen (secondary N) is 1. The first-order chi connectivity index (χ1) is 15.2. The second kappa shape index (κ2) is 10.1. The Hall–Kier alpha value is -2.94. The number of thiazole rings is 1. The van der Waals surface area contributed by atoms with Gasteiger partial charge in [-0.1, -0.05) is 11.3 Å². The standard InChI is InChI=1S/C23H19N3O3S2.ClH/c27-22(25-12-15-5-8-24-9-6-15)21-13-26-23(31-21)28-18-2-4-19-16(11-18)1-3-20(29-19)17-7-10-30-14-17;/h2,4-11,13-14,20H,1,3,12H2,(H,25,27);1H. The van der Waals surface area contributed by atoms with Crippen LogP contribution in [0.25, 0.3) is 0 Å². The second-order valence-electron chi connectivity index (χ2n) is 7.10. The van der Waals surface area contributed by atoms with Crippen LogP contribution in [0.1, 0.15) is 38.9 Å². The maximum atomic E-state index is 12.4. The number of halogens is 1. The molecule has 0 aliphatic carbocycles. The van der Waals surface area contributed by atoms with Gasteiger partial charge in [0.2, 0.25) is 0 Å². The van der Waals surface area contributed by atoms with Gasteiger partial charge < -0.3 is 14.8 Å². The van der Waals surface area contributed by atoms with Crippen LogP contribution in [0.3, 0.4) is 0 Å². The van der Waals surface area contributed by atoms with Crippen LogP contribution in [-0.4, -0.2) is 15.9 Å². The summed E-state index contributed by atoms with van der Waals surface area (Å²) < 4.78 is 12.1. The minimum absolute atomic E-state index is 0. The average molecular weight is 486 g/mol. The number of amides is 1. The molecule has 0 radical (unpaired) electrons. The lowest BCUT2D eigenvalue weighted by Gasteiger charge is -2.26. The lowest BCUT2D eigenvalue weighted by molar-refractivity contribution is 0.0954. The zero-order valence-corrected chi connectivity index (χ0v) is 19.3. The molecule has 1 aromatic carbocycles. The molecule has 0 saturated heterocycles. The molecule has 1 atom stereocenters. The van der Waals surface area contributed by atoms with Crippen LogP contribution in [0.15, 0.2) is 65.7 Å². The maximum absolute atomic E-state index is 12.4. The first-order valence-electron chi connectivity index (χ1n) is 9.87. The van der Waals surface area contributed by atoms with E-state index in [1.165, 1.54) is 23.1 Å². The third-order valence-corrected chi connectivity index (χ3v) is 6.58. The predicted octanol–water partition coefficient (Wildman–Crippen LogP) is 5.81. The highest BCUT2D eigenvalue weighted by molar-refractivity contribution is 7.15. The Kier molecular flexibility index (Phi) is 7.04. The summed E-state index contributed by atoms with van der Waals surface area (Å²) in [6.45, 7) is 0.437.